The number of hydrogen-bond donors (Lipinski definition) is 3. The highest BCUT2D eigenvalue weighted by Crippen LogP contribution is 2.89. The molecule has 2 spiro atoms. The SMILES string of the molecule is CC(C)(O)[C@@H]1CC[C@](C)([C@H]2[C@@H](O)C[C@@]3(C)[C@@H]4C[C@H](O)[C@H]5C(C)(C)C(F)(F)CC[C@@]56C[C@@]46CC[C@]23C)O1. The highest BCUT2D eigenvalue weighted by atomic mass is 19.3. The van der Waals surface area contributed by atoms with Crippen LogP contribution in [0, 0.1) is 44.8 Å². The van der Waals surface area contributed by atoms with Gasteiger partial charge in [-0.15, -0.1) is 0 Å². The second-order valence-electron chi connectivity index (χ2n) is 15.9. The molecule has 1 saturated heterocycles. The zero-order valence-corrected chi connectivity index (χ0v) is 23.3. The van der Waals surface area contributed by atoms with Crippen molar-refractivity contribution in [3.05, 3.63) is 0 Å². The fourth-order valence-corrected chi connectivity index (χ4v) is 12.1. The molecule has 6 fully saturated rings. The first-order chi connectivity index (χ1) is 16.3. The predicted octanol–water partition coefficient (Wildman–Crippen LogP) is 5.71. The Labute approximate surface area is 215 Å². The van der Waals surface area contributed by atoms with Crippen LogP contribution in [0.5, 0.6) is 0 Å². The average Bonchev–Trinajstić information content (AvgIpc) is 3.09. The zero-order chi connectivity index (χ0) is 26.5. The minimum Gasteiger partial charge on any atom is -0.393 e. The topological polar surface area (TPSA) is 69.9 Å². The van der Waals surface area contributed by atoms with E-state index >= 15 is 8.78 Å². The molecule has 0 radical (unpaired) electrons. The van der Waals surface area contributed by atoms with E-state index in [9.17, 15) is 15.3 Å². The van der Waals surface area contributed by atoms with E-state index in [1.54, 1.807) is 27.7 Å². The summed E-state index contributed by atoms with van der Waals surface area (Å²) < 4.78 is 36.9. The monoisotopic (exact) mass is 510 g/mol. The Hall–Kier alpha value is -0.300. The predicted molar refractivity (Wildman–Crippen MR) is 133 cm³/mol. The number of hydrogen-bond acceptors (Lipinski definition) is 4. The van der Waals surface area contributed by atoms with Crippen LogP contribution in [-0.2, 0) is 4.74 Å². The van der Waals surface area contributed by atoms with Crippen LogP contribution < -0.4 is 0 Å². The molecule has 0 aromatic carbocycles. The van der Waals surface area contributed by atoms with E-state index in [-0.39, 0.29) is 51.9 Å². The first kappa shape index (κ1) is 26.0. The second kappa shape index (κ2) is 6.88. The largest absolute Gasteiger partial charge is 0.393 e. The Kier molecular flexibility index (Phi) is 4.96. The molecule has 0 aromatic rings. The molecule has 0 aromatic heterocycles. The van der Waals surface area contributed by atoms with E-state index < -0.39 is 34.7 Å². The van der Waals surface area contributed by atoms with Gasteiger partial charge in [-0.25, -0.2) is 8.78 Å². The van der Waals surface area contributed by atoms with Crippen LogP contribution in [0.1, 0.15) is 106 Å². The quantitative estimate of drug-likeness (QED) is 0.445. The van der Waals surface area contributed by atoms with Gasteiger partial charge in [0, 0.05) is 23.7 Å². The highest BCUT2D eigenvalue weighted by molar-refractivity contribution is 5.33. The van der Waals surface area contributed by atoms with E-state index in [2.05, 4.69) is 20.8 Å². The average molecular weight is 511 g/mol. The number of halogens is 2. The van der Waals surface area contributed by atoms with Crippen molar-refractivity contribution in [1.82, 2.24) is 0 Å². The number of alkyl halides is 2. The van der Waals surface area contributed by atoms with Crippen molar-refractivity contribution in [2.75, 3.05) is 0 Å². The lowest BCUT2D eigenvalue weighted by atomic mass is 9.41. The molecule has 4 nitrogen and oxygen atoms in total. The fraction of sp³-hybridized carbons (Fsp3) is 1.00. The smallest absolute Gasteiger partial charge is 0.253 e. The van der Waals surface area contributed by atoms with Crippen LogP contribution in [0.2, 0.25) is 0 Å². The molecule has 5 saturated carbocycles. The standard InChI is InChI=1S/C30H48F2O4/c1-23(2)21-17(33)14-19-26(6)15-18(34)22(27(7)9-8-20(36-27)24(3,4)35)25(26,5)10-11-28(19)16-29(21,28)12-13-30(23,31)32/h17-22,33-35H,8-16H2,1-7H3/t17-,18-,19-,20-,21-,22-,25+,26-,27+,28-,29+/m0/s1. The minimum absolute atomic E-state index is 0.000595. The summed E-state index contributed by atoms with van der Waals surface area (Å²) in [7, 11) is 0. The van der Waals surface area contributed by atoms with Crippen molar-refractivity contribution in [2.45, 2.75) is 142 Å². The maximum Gasteiger partial charge on any atom is 0.253 e. The van der Waals surface area contributed by atoms with Crippen LogP contribution in [0.4, 0.5) is 8.78 Å². The van der Waals surface area contributed by atoms with Crippen LogP contribution in [-0.4, -0.2) is 50.8 Å². The van der Waals surface area contributed by atoms with Crippen molar-refractivity contribution in [1.29, 1.82) is 0 Å². The normalized spacial score (nSPS) is 59.0. The van der Waals surface area contributed by atoms with Gasteiger partial charge in [0.25, 0.3) is 5.92 Å². The molecule has 0 unspecified atom stereocenters. The molecule has 6 rings (SSSR count). The van der Waals surface area contributed by atoms with E-state index in [1.807, 2.05) is 0 Å². The van der Waals surface area contributed by atoms with Crippen LogP contribution in [0.3, 0.4) is 0 Å². The molecule has 0 bridgehead atoms. The van der Waals surface area contributed by atoms with Gasteiger partial charge in [-0.1, -0.05) is 27.7 Å². The molecular formula is C30H48F2O4. The van der Waals surface area contributed by atoms with E-state index in [0.717, 1.165) is 32.1 Å². The summed E-state index contributed by atoms with van der Waals surface area (Å²) >= 11 is 0. The minimum atomic E-state index is -2.76. The van der Waals surface area contributed by atoms with E-state index in [4.69, 9.17) is 4.74 Å². The van der Waals surface area contributed by atoms with Gasteiger partial charge >= 0.3 is 0 Å². The van der Waals surface area contributed by atoms with Crippen LogP contribution >= 0.6 is 0 Å². The van der Waals surface area contributed by atoms with Gasteiger partial charge < -0.3 is 20.1 Å². The van der Waals surface area contributed by atoms with E-state index in [0.29, 0.717) is 19.3 Å². The summed E-state index contributed by atoms with van der Waals surface area (Å²) in [4.78, 5) is 0. The third-order valence-corrected chi connectivity index (χ3v) is 13.9. The zero-order valence-electron chi connectivity index (χ0n) is 23.3. The molecule has 5 aliphatic carbocycles. The fourth-order valence-electron chi connectivity index (χ4n) is 12.1. The van der Waals surface area contributed by atoms with Gasteiger partial charge in [0.1, 0.15) is 0 Å². The number of rotatable bonds is 2. The Morgan fingerprint density at radius 1 is 0.806 bits per heavy atom. The third-order valence-electron chi connectivity index (χ3n) is 13.9. The van der Waals surface area contributed by atoms with Gasteiger partial charge in [-0.05, 0) is 99.7 Å². The highest BCUT2D eigenvalue weighted by Gasteiger charge is 2.86. The number of aliphatic hydroxyl groups excluding tert-OH is 2. The van der Waals surface area contributed by atoms with E-state index in [1.165, 1.54) is 0 Å². The Morgan fingerprint density at radius 3 is 2.06 bits per heavy atom. The van der Waals surface area contributed by atoms with Crippen molar-refractivity contribution in [3.8, 4) is 0 Å². The van der Waals surface area contributed by atoms with Gasteiger partial charge in [-0.2, -0.15) is 0 Å². The Morgan fingerprint density at radius 2 is 1.44 bits per heavy atom. The van der Waals surface area contributed by atoms with Crippen molar-refractivity contribution in [3.63, 3.8) is 0 Å². The molecule has 6 heteroatoms. The Balaban J connectivity index is 1.37. The lowest BCUT2D eigenvalue weighted by molar-refractivity contribution is -0.247. The molecule has 36 heavy (non-hydrogen) atoms. The van der Waals surface area contributed by atoms with Crippen LogP contribution in [0.25, 0.3) is 0 Å². The van der Waals surface area contributed by atoms with Gasteiger partial charge in [0.05, 0.1) is 29.5 Å². The first-order valence-electron chi connectivity index (χ1n) is 14.5. The Bertz CT molecular complexity index is 961. The number of fused-ring (bicyclic) bond motifs is 2. The maximum atomic E-state index is 15.1. The van der Waals surface area contributed by atoms with Gasteiger partial charge in [0.2, 0.25) is 0 Å². The summed E-state index contributed by atoms with van der Waals surface area (Å²) in [5.41, 5.74) is -3.25. The first-order valence-corrected chi connectivity index (χ1v) is 14.5. The molecule has 1 heterocycles. The molecule has 0 amide bonds. The summed E-state index contributed by atoms with van der Waals surface area (Å²) in [5.74, 6) is -2.97. The summed E-state index contributed by atoms with van der Waals surface area (Å²) in [5, 5.41) is 33.9. The van der Waals surface area contributed by atoms with Crippen molar-refractivity contribution >= 4 is 0 Å². The molecular weight excluding hydrogens is 462 g/mol. The molecule has 6 aliphatic rings. The maximum absolute atomic E-state index is 15.1. The number of ether oxygens (including phenoxy) is 1. The molecule has 3 N–H and O–H groups in total. The molecule has 206 valence electrons. The third kappa shape index (κ3) is 2.74. The van der Waals surface area contributed by atoms with Gasteiger partial charge in [0.15, 0.2) is 0 Å². The molecule has 1 aliphatic heterocycles. The van der Waals surface area contributed by atoms with Crippen molar-refractivity contribution < 1.29 is 28.8 Å². The summed E-state index contributed by atoms with van der Waals surface area (Å²) in [6, 6.07) is 0. The summed E-state index contributed by atoms with van der Waals surface area (Å²) in [6.07, 6.45) is 4.62. The van der Waals surface area contributed by atoms with Gasteiger partial charge in [-0.3, -0.25) is 0 Å². The summed E-state index contributed by atoms with van der Waals surface area (Å²) in [6.45, 7) is 13.8. The second-order valence-corrected chi connectivity index (χ2v) is 15.9. The lowest BCUT2D eigenvalue weighted by Gasteiger charge is -2.64. The van der Waals surface area contributed by atoms with Crippen LogP contribution in [0.15, 0.2) is 0 Å². The number of aliphatic hydroxyl groups is 3. The lowest BCUT2D eigenvalue weighted by Crippen LogP contribution is -2.63. The molecule has 11 atom stereocenters. The van der Waals surface area contributed by atoms with Crippen molar-refractivity contribution in [2.24, 2.45) is 44.8 Å².